The quantitative estimate of drug-likeness (QED) is 0.338. The third-order valence-corrected chi connectivity index (χ3v) is 4.05. The number of rotatable bonds is 6. The highest BCUT2D eigenvalue weighted by atomic mass is 127. The van der Waals surface area contributed by atoms with Gasteiger partial charge in [0.15, 0.2) is 5.96 Å². The van der Waals surface area contributed by atoms with Crippen LogP contribution in [0.25, 0.3) is 0 Å². The molecule has 3 N–H and O–H groups in total. The number of nitrogens with one attached hydrogen (secondary N) is 2. The van der Waals surface area contributed by atoms with Crippen molar-refractivity contribution < 1.29 is 9.84 Å². The Kier molecular flexibility index (Phi) is 9.26. The highest BCUT2D eigenvalue weighted by Gasteiger charge is 2.10. The summed E-state index contributed by atoms with van der Waals surface area (Å²) in [5, 5.41) is 16.7. The van der Waals surface area contributed by atoms with Crippen LogP contribution in [-0.2, 0) is 6.54 Å². The molecule has 5 nitrogen and oxygen atoms in total. The van der Waals surface area contributed by atoms with Crippen LogP contribution in [0.2, 0.25) is 0 Å². The van der Waals surface area contributed by atoms with E-state index in [0.717, 1.165) is 12.1 Å². The van der Waals surface area contributed by atoms with Gasteiger partial charge in [0.1, 0.15) is 11.5 Å². The first kappa shape index (κ1) is 22.1. The van der Waals surface area contributed by atoms with Gasteiger partial charge in [0.2, 0.25) is 0 Å². The first-order chi connectivity index (χ1) is 12.0. The van der Waals surface area contributed by atoms with E-state index in [2.05, 4.69) is 41.6 Å². The monoisotopic (exact) mass is 469 g/mol. The maximum atomic E-state index is 10.0. The van der Waals surface area contributed by atoms with E-state index in [1.54, 1.807) is 25.3 Å². The number of guanidine groups is 1. The number of halogens is 1. The van der Waals surface area contributed by atoms with Gasteiger partial charge in [-0.3, -0.25) is 0 Å². The largest absolute Gasteiger partial charge is 0.508 e. The van der Waals surface area contributed by atoms with E-state index in [0.29, 0.717) is 18.3 Å². The fourth-order valence-corrected chi connectivity index (χ4v) is 2.66. The van der Waals surface area contributed by atoms with Crippen LogP contribution < -0.4 is 15.4 Å². The van der Waals surface area contributed by atoms with Crippen molar-refractivity contribution in [2.45, 2.75) is 33.4 Å². The highest BCUT2D eigenvalue weighted by Crippen LogP contribution is 2.23. The lowest BCUT2D eigenvalue weighted by molar-refractivity contribution is 0.411. The first-order valence-electron chi connectivity index (χ1n) is 8.51. The van der Waals surface area contributed by atoms with E-state index in [-0.39, 0.29) is 35.8 Å². The number of phenolic OH excluding ortho intramolecular Hbond substituents is 1. The molecule has 0 saturated heterocycles. The maximum absolute atomic E-state index is 10.0. The van der Waals surface area contributed by atoms with Crippen molar-refractivity contribution in [1.82, 2.24) is 10.6 Å². The number of phenols is 1. The molecule has 2 rings (SSSR count). The smallest absolute Gasteiger partial charge is 0.192 e. The summed E-state index contributed by atoms with van der Waals surface area (Å²) in [7, 11) is 1.61. The number of benzene rings is 2. The van der Waals surface area contributed by atoms with Crippen LogP contribution >= 0.6 is 24.0 Å². The third kappa shape index (κ3) is 6.09. The van der Waals surface area contributed by atoms with Crippen LogP contribution in [0.4, 0.5) is 0 Å². The summed E-state index contributed by atoms with van der Waals surface area (Å²) in [6.07, 6.45) is 0. The minimum absolute atomic E-state index is 0. The molecule has 0 aliphatic heterocycles. The van der Waals surface area contributed by atoms with Crippen molar-refractivity contribution in [3.05, 3.63) is 59.2 Å². The highest BCUT2D eigenvalue weighted by molar-refractivity contribution is 14.0. The van der Waals surface area contributed by atoms with E-state index in [1.165, 1.54) is 11.1 Å². The number of hydrogen-bond donors (Lipinski definition) is 3. The third-order valence-electron chi connectivity index (χ3n) is 4.05. The van der Waals surface area contributed by atoms with Gasteiger partial charge in [0, 0.05) is 12.1 Å². The number of hydrogen-bond acceptors (Lipinski definition) is 3. The first-order valence-corrected chi connectivity index (χ1v) is 8.51. The van der Waals surface area contributed by atoms with E-state index >= 15 is 0 Å². The second-order valence-electron chi connectivity index (χ2n) is 5.91. The summed E-state index contributed by atoms with van der Waals surface area (Å²) in [5.41, 5.74) is 3.20. The number of ether oxygens (including phenoxy) is 1. The summed E-state index contributed by atoms with van der Waals surface area (Å²) in [4.78, 5) is 4.59. The molecule has 142 valence electrons. The fourth-order valence-electron chi connectivity index (χ4n) is 2.66. The molecule has 0 bridgehead atoms. The summed E-state index contributed by atoms with van der Waals surface area (Å²) < 4.78 is 5.21. The van der Waals surface area contributed by atoms with Gasteiger partial charge in [0.05, 0.1) is 19.7 Å². The van der Waals surface area contributed by atoms with Gasteiger partial charge >= 0.3 is 0 Å². The molecule has 6 heteroatoms. The Morgan fingerprint density at radius 2 is 1.96 bits per heavy atom. The summed E-state index contributed by atoms with van der Waals surface area (Å²) in [5.74, 6) is 1.63. The molecule has 1 atom stereocenters. The molecule has 0 aliphatic rings. The normalized spacial score (nSPS) is 12.1. The topological polar surface area (TPSA) is 65.9 Å². The molecule has 0 saturated carbocycles. The minimum Gasteiger partial charge on any atom is -0.508 e. The van der Waals surface area contributed by atoms with Crippen molar-refractivity contribution in [3.63, 3.8) is 0 Å². The van der Waals surface area contributed by atoms with E-state index in [9.17, 15) is 5.11 Å². The average molecular weight is 469 g/mol. The molecule has 2 aromatic carbocycles. The maximum Gasteiger partial charge on any atom is 0.192 e. The molecule has 0 aromatic heterocycles. The predicted molar refractivity (Wildman–Crippen MR) is 118 cm³/mol. The molecular weight excluding hydrogens is 441 g/mol. The molecule has 0 spiro atoms. The molecule has 0 radical (unpaired) electrons. The predicted octanol–water partition coefficient (Wildman–Crippen LogP) is 4.14. The van der Waals surface area contributed by atoms with Gasteiger partial charge in [0.25, 0.3) is 0 Å². The number of aryl methyl sites for hydroxylation is 1. The number of aromatic hydroxyl groups is 1. The Bertz CT molecular complexity index is 735. The molecule has 0 fully saturated rings. The van der Waals surface area contributed by atoms with Crippen molar-refractivity contribution in [2.75, 3.05) is 13.7 Å². The van der Waals surface area contributed by atoms with Gasteiger partial charge in [-0.1, -0.05) is 24.3 Å². The Labute approximate surface area is 172 Å². The zero-order valence-corrected chi connectivity index (χ0v) is 18.1. The van der Waals surface area contributed by atoms with Gasteiger partial charge in [-0.2, -0.15) is 0 Å². The molecule has 26 heavy (non-hydrogen) atoms. The van der Waals surface area contributed by atoms with Crippen LogP contribution in [0.15, 0.2) is 47.5 Å². The van der Waals surface area contributed by atoms with Crippen LogP contribution in [0.1, 0.15) is 36.6 Å². The van der Waals surface area contributed by atoms with Crippen molar-refractivity contribution in [1.29, 1.82) is 0 Å². The summed E-state index contributed by atoms with van der Waals surface area (Å²) in [6.45, 7) is 7.36. The van der Waals surface area contributed by atoms with Crippen LogP contribution in [0, 0.1) is 6.92 Å². The Morgan fingerprint density at radius 3 is 2.62 bits per heavy atom. The second-order valence-corrected chi connectivity index (χ2v) is 5.91. The van der Waals surface area contributed by atoms with Crippen LogP contribution in [0.3, 0.4) is 0 Å². The fraction of sp³-hybridized carbons (Fsp3) is 0.350. The van der Waals surface area contributed by atoms with E-state index in [1.807, 2.05) is 19.1 Å². The van der Waals surface area contributed by atoms with Crippen LogP contribution in [-0.4, -0.2) is 24.7 Å². The van der Waals surface area contributed by atoms with Crippen molar-refractivity contribution in [2.24, 2.45) is 4.99 Å². The lowest BCUT2D eigenvalue weighted by Crippen LogP contribution is -2.38. The van der Waals surface area contributed by atoms with E-state index in [4.69, 9.17) is 4.74 Å². The van der Waals surface area contributed by atoms with Crippen molar-refractivity contribution >= 4 is 29.9 Å². The Morgan fingerprint density at radius 1 is 1.23 bits per heavy atom. The lowest BCUT2D eigenvalue weighted by atomic mass is 10.0. The molecular formula is C20H28IN3O2. The average Bonchev–Trinajstić information content (AvgIpc) is 2.61. The van der Waals surface area contributed by atoms with Crippen molar-refractivity contribution in [3.8, 4) is 11.5 Å². The van der Waals surface area contributed by atoms with Gasteiger partial charge in [-0.25, -0.2) is 4.99 Å². The van der Waals surface area contributed by atoms with Crippen LogP contribution in [0.5, 0.6) is 11.5 Å². The summed E-state index contributed by atoms with van der Waals surface area (Å²) in [6, 6.07) is 13.6. The molecule has 2 aromatic rings. The number of nitrogens with zero attached hydrogens (tertiary/aromatic N) is 1. The Balaban J connectivity index is 0.00000338. The van der Waals surface area contributed by atoms with Gasteiger partial charge in [-0.05, 0) is 50.1 Å². The SMILES string of the molecule is CCNC(=NCc1cc(OC)ccc1O)NC(C)c1ccccc1C.I. The summed E-state index contributed by atoms with van der Waals surface area (Å²) >= 11 is 0. The molecule has 0 heterocycles. The lowest BCUT2D eigenvalue weighted by Gasteiger charge is -2.20. The number of aliphatic imine (C=N–C) groups is 1. The second kappa shape index (κ2) is 10.9. The van der Waals surface area contributed by atoms with Gasteiger partial charge < -0.3 is 20.5 Å². The standard InChI is InChI=1S/C20H27N3O2.HI/c1-5-21-20(23-15(3)18-9-7-6-8-14(18)2)22-13-16-12-17(25-4)10-11-19(16)24;/h6-12,15,24H,5,13H2,1-4H3,(H2,21,22,23);1H. The van der Waals surface area contributed by atoms with E-state index < -0.39 is 0 Å². The Hall–Kier alpha value is -1.96. The molecule has 0 aliphatic carbocycles. The molecule has 0 amide bonds. The number of methoxy groups -OCH3 is 1. The minimum atomic E-state index is 0. The van der Waals surface area contributed by atoms with Gasteiger partial charge in [-0.15, -0.1) is 24.0 Å². The zero-order valence-electron chi connectivity index (χ0n) is 15.7. The zero-order chi connectivity index (χ0) is 18.2. The molecule has 1 unspecified atom stereocenters.